The number of hydrogen-bond donors (Lipinski definition) is 3. The third-order valence-corrected chi connectivity index (χ3v) is 4.74. The molecule has 0 aliphatic heterocycles. The molecule has 0 aliphatic rings. The van der Waals surface area contributed by atoms with Crippen LogP contribution in [0.3, 0.4) is 0 Å². The molecule has 164 valence electrons. The van der Waals surface area contributed by atoms with Crippen LogP contribution in [0.5, 0.6) is 5.75 Å². The molecule has 0 radical (unpaired) electrons. The second kappa shape index (κ2) is 11.1. The molecule has 0 saturated carbocycles. The first kappa shape index (κ1) is 17.3. The van der Waals surface area contributed by atoms with Gasteiger partial charge in [-0.1, -0.05) is 18.2 Å². The van der Waals surface area contributed by atoms with Crippen LogP contribution in [0.2, 0.25) is 0 Å². The van der Waals surface area contributed by atoms with Gasteiger partial charge in [-0.3, -0.25) is 0 Å². The van der Waals surface area contributed by atoms with Gasteiger partial charge in [-0.2, -0.15) is 0 Å². The van der Waals surface area contributed by atoms with E-state index in [4.69, 9.17) is 9.60 Å². The molecule has 0 amide bonds. The van der Waals surface area contributed by atoms with Crippen molar-refractivity contribution in [3.63, 3.8) is 0 Å². The van der Waals surface area contributed by atoms with E-state index in [-0.39, 0.29) is 63.0 Å². The average Bonchev–Trinajstić information content (AvgIpc) is 3.08. The minimum absolute atomic E-state index is 0. The number of fused-ring (bicyclic) bond motifs is 1. The van der Waals surface area contributed by atoms with Crippen LogP contribution in [0.25, 0.3) is 28.1 Å². The Balaban J connectivity index is 0.00000533. The summed E-state index contributed by atoms with van der Waals surface area (Å²) < 4.78 is 71.4. The predicted octanol–water partition coefficient (Wildman–Crippen LogP) is 0.00300. The van der Waals surface area contributed by atoms with Crippen molar-refractivity contribution in [3.8, 4) is 16.9 Å². The van der Waals surface area contributed by atoms with E-state index in [2.05, 4.69) is 0 Å². The maximum atomic E-state index is 13.7. The maximum Gasteiger partial charge on any atom is 1.00 e. The number of hydrogen-bond acceptors (Lipinski definition) is 5. The van der Waals surface area contributed by atoms with E-state index in [1.165, 1.54) is 30.3 Å². The number of carboxylic acid groups (broad SMARTS) is 1. The quantitative estimate of drug-likeness (QED) is 0.414. The Morgan fingerprint density at radius 2 is 1.94 bits per heavy atom. The molecular weight excluding hydrogens is 424 g/mol. The largest absolute Gasteiger partial charge is 1.00 e. The normalized spacial score (nSPS) is 17.8. The van der Waals surface area contributed by atoms with Gasteiger partial charge in [0.25, 0.3) is 0 Å². The van der Waals surface area contributed by atoms with E-state index in [0.29, 0.717) is 0 Å². The van der Waals surface area contributed by atoms with Crippen LogP contribution in [0.1, 0.15) is 47.9 Å². The van der Waals surface area contributed by atoms with Gasteiger partial charge >= 0.3 is 29.6 Å². The van der Waals surface area contributed by atoms with Crippen LogP contribution >= 0.6 is 0 Å². The average molecular weight is 456 g/mol. The van der Waals surface area contributed by atoms with Crippen molar-refractivity contribution in [2.24, 2.45) is 0 Å². The number of phenolic OH excluding ortho intramolecular Hbond substituents is 1. The zero-order valence-corrected chi connectivity index (χ0v) is 19.2. The third-order valence-electron chi connectivity index (χ3n) is 4.74. The van der Waals surface area contributed by atoms with Crippen LogP contribution in [-0.4, -0.2) is 38.1 Å². The van der Waals surface area contributed by atoms with Gasteiger partial charge < -0.3 is 29.8 Å². The number of carbonyl (C=O) groups is 1. The van der Waals surface area contributed by atoms with Crippen molar-refractivity contribution < 1.29 is 68.8 Å². The molecule has 0 bridgehead atoms. The summed E-state index contributed by atoms with van der Waals surface area (Å²) in [4.78, 5) is 10.7. The smallest absolute Gasteiger partial charge is 0.550 e. The number of nitrogens with zero attached hydrogens (tertiary/aromatic N) is 1. The monoisotopic (exact) mass is 456 g/mol. The maximum absolute atomic E-state index is 13.7. The fourth-order valence-electron chi connectivity index (χ4n) is 3.45. The van der Waals surface area contributed by atoms with Gasteiger partial charge in [-0.25, -0.2) is 4.39 Å². The van der Waals surface area contributed by atoms with Crippen molar-refractivity contribution in [3.05, 3.63) is 60.1 Å². The second-order valence-corrected chi connectivity index (χ2v) is 7.04. The molecule has 0 saturated heterocycles. The second-order valence-electron chi connectivity index (χ2n) is 7.04. The number of aliphatic hydroxyl groups is 2. The zero-order valence-electron chi connectivity index (χ0n) is 24.2. The topological polar surface area (TPSA) is 106 Å². The Labute approximate surface area is 217 Å². The van der Waals surface area contributed by atoms with Crippen molar-refractivity contribution >= 4 is 22.9 Å². The molecule has 32 heavy (non-hydrogen) atoms. The summed E-state index contributed by atoms with van der Waals surface area (Å²) in [6.07, 6.45) is -1.91. The standard InChI is InChI=1S/C24H26FNO5.Na/c1-14(2)26-21-9-7-18(28)12-20(21)24(15-3-5-16(25)6-4-15)22(26)10-8-17(27)11-19(29)13-23(30)31;/h3-10,12,14,17,19,27-29H,11,13H2,1-2H3,(H,30,31);/q;+1/p-1/b10-8+;/t17-,19-;/m1./s1/i1D3,2D3,14D;. The molecule has 0 aliphatic carbocycles. The molecule has 0 fully saturated rings. The first-order chi connectivity index (χ1) is 17.5. The molecular formula is C24H25FNNaO5. The Morgan fingerprint density at radius 3 is 2.56 bits per heavy atom. The van der Waals surface area contributed by atoms with Gasteiger partial charge in [0, 0.05) is 55.2 Å². The summed E-state index contributed by atoms with van der Waals surface area (Å²) in [5, 5.41) is 41.3. The van der Waals surface area contributed by atoms with Crippen LogP contribution in [-0.2, 0) is 4.79 Å². The summed E-state index contributed by atoms with van der Waals surface area (Å²) in [5.74, 6) is -2.38. The molecule has 8 heteroatoms. The Hall–Kier alpha value is -2.16. The Kier molecular flexibility index (Phi) is 6.02. The number of aromatic nitrogens is 1. The molecule has 1 aromatic heterocycles. The molecule has 3 rings (SSSR count). The van der Waals surface area contributed by atoms with Gasteiger partial charge in [0.2, 0.25) is 0 Å². The molecule has 3 N–H and O–H groups in total. The predicted molar refractivity (Wildman–Crippen MR) is 115 cm³/mol. The van der Waals surface area contributed by atoms with Crippen molar-refractivity contribution in [1.82, 2.24) is 4.57 Å². The molecule has 6 nitrogen and oxygen atoms in total. The van der Waals surface area contributed by atoms with Crippen LogP contribution in [0.15, 0.2) is 48.5 Å². The number of phenols is 1. The van der Waals surface area contributed by atoms with Crippen LogP contribution in [0.4, 0.5) is 4.39 Å². The molecule has 1 heterocycles. The SMILES string of the molecule is [2H]C([2H])([2H])C([2H])(n1c(/C=C/[C@@H](O)C[C@@H](O)CC(=O)[O-])c(-c2ccc(F)cc2)c2cc(O)ccc21)C([2H])([2H])[2H].[Na+]. The summed E-state index contributed by atoms with van der Waals surface area (Å²) in [5.41, 5.74) is 0.202. The first-order valence-corrected chi connectivity index (χ1v) is 9.35. The number of aliphatic hydroxyl groups excluding tert-OH is 2. The third kappa shape index (κ3) is 5.99. The number of carbonyl (C=O) groups excluding carboxylic acids is 1. The molecule has 0 spiro atoms. The fourth-order valence-corrected chi connectivity index (χ4v) is 3.45. The van der Waals surface area contributed by atoms with Gasteiger partial charge in [-0.15, -0.1) is 0 Å². The van der Waals surface area contributed by atoms with Gasteiger partial charge in [0.05, 0.1) is 13.6 Å². The fraction of sp³-hybridized carbons (Fsp3) is 0.292. The van der Waals surface area contributed by atoms with E-state index in [0.717, 1.165) is 28.9 Å². The number of halogens is 1. The van der Waals surface area contributed by atoms with E-state index in [9.17, 15) is 29.6 Å². The molecule has 2 atom stereocenters. The van der Waals surface area contributed by atoms with E-state index in [1.54, 1.807) is 0 Å². The van der Waals surface area contributed by atoms with Crippen molar-refractivity contribution in [2.45, 2.75) is 44.8 Å². The summed E-state index contributed by atoms with van der Waals surface area (Å²) in [6.45, 7) is -6.82. The molecule has 2 aromatic carbocycles. The van der Waals surface area contributed by atoms with Gasteiger partial charge in [0.15, 0.2) is 0 Å². The van der Waals surface area contributed by atoms with Gasteiger partial charge in [-0.05, 0) is 55.7 Å². The number of aliphatic carboxylic acids is 1. The van der Waals surface area contributed by atoms with Gasteiger partial charge in [0.1, 0.15) is 11.6 Å². The minimum Gasteiger partial charge on any atom is -0.550 e. The zero-order chi connectivity index (χ0) is 28.6. The molecule has 0 unspecified atom stereocenters. The van der Waals surface area contributed by atoms with E-state index >= 15 is 0 Å². The van der Waals surface area contributed by atoms with E-state index < -0.39 is 56.6 Å². The van der Waals surface area contributed by atoms with Crippen LogP contribution < -0.4 is 34.7 Å². The number of rotatable bonds is 8. The summed E-state index contributed by atoms with van der Waals surface area (Å²) >= 11 is 0. The van der Waals surface area contributed by atoms with Crippen molar-refractivity contribution in [2.75, 3.05) is 0 Å². The van der Waals surface area contributed by atoms with Crippen molar-refractivity contribution in [1.29, 1.82) is 0 Å². The summed E-state index contributed by atoms with van der Waals surface area (Å²) in [7, 11) is 0. The first-order valence-electron chi connectivity index (χ1n) is 12.9. The van der Waals surface area contributed by atoms with E-state index in [1.807, 2.05) is 0 Å². The Morgan fingerprint density at radius 1 is 1.25 bits per heavy atom. The number of carboxylic acids is 1. The molecule has 3 aromatic rings. The van der Waals surface area contributed by atoms with Crippen LogP contribution in [0, 0.1) is 5.82 Å². The Bertz CT molecular complexity index is 1340. The number of aromatic hydroxyl groups is 1. The minimum atomic E-state index is -3.41. The number of benzene rings is 2. The summed E-state index contributed by atoms with van der Waals surface area (Å²) in [6, 6.07) is 5.32.